The van der Waals surface area contributed by atoms with Crippen LogP contribution in [0.1, 0.15) is 25.1 Å². The van der Waals surface area contributed by atoms with Crippen LogP contribution in [-0.4, -0.2) is 26.3 Å². The maximum Gasteiger partial charge on any atom is 0.333 e. The molecular formula is C14H19N5O3. The van der Waals surface area contributed by atoms with Crippen molar-refractivity contribution in [2.24, 2.45) is 7.05 Å². The Morgan fingerprint density at radius 1 is 1.45 bits per heavy atom. The standard InChI is InChI=1S/C14H19N5O3/c1-4-11-12(19(20)21)13(18(3)17-11)16-9-10-7-6-8-15-14(10)22-5-2/h6-8,16H,4-5,9H2,1-3H3. The highest BCUT2D eigenvalue weighted by atomic mass is 16.6. The second-order valence-electron chi connectivity index (χ2n) is 4.63. The van der Waals surface area contributed by atoms with Gasteiger partial charge in [-0.3, -0.25) is 10.1 Å². The second-order valence-corrected chi connectivity index (χ2v) is 4.63. The summed E-state index contributed by atoms with van der Waals surface area (Å²) in [5.41, 5.74) is 1.32. The second kappa shape index (κ2) is 6.88. The van der Waals surface area contributed by atoms with Crippen LogP contribution in [-0.2, 0) is 20.0 Å². The Bertz CT molecular complexity index is 668. The third kappa shape index (κ3) is 3.16. The molecule has 2 rings (SSSR count). The van der Waals surface area contributed by atoms with Gasteiger partial charge in [0, 0.05) is 25.4 Å². The molecule has 1 N–H and O–H groups in total. The van der Waals surface area contributed by atoms with Gasteiger partial charge >= 0.3 is 5.69 Å². The highest BCUT2D eigenvalue weighted by Gasteiger charge is 2.25. The summed E-state index contributed by atoms with van der Waals surface area (Å²) >= 11 is 0. The van der Waals surface area contributed by atoms with Crippen LogP contribution >= 0.6 is 0 Å². The number of aromatic nitrogens is 3. The molecule has 0 aliphatic rings. The van der Waals surface area contributed by atoms with Crippen molar-refractivity contribution >= 4 is 11.5 Å². The first-order valence-corrected chi connectivity index (χ1v) is 7.09. The molecule has 118 valence electrons. The lowest BCUT2D eigenvalue weighted by Gasteiger charge is -2.10. The number of anilines is 1. The average Bonchev–Trinajstić information content (AvgIpc) is 2.83. The van der Waals surface area contributed by atoms with E-state index in [-0.39, 0.29) is 5.69 Å². The molecule has 0 unspecified atom stereocenters. The summed E-state index contributed by atoms with van der Waals surface area (Å²) in [7, 11) is 1.68. The fourth-order valence-electron chi connectivity index (χ4n) is 2.20. The van der Waals surface area contributed by atoms with Gasteiger partial charge in [0.05, 0.1) is 11.5 Å². The van der Waals surface area contributed by atoms with Gasteiger partial charge in [0.25, 0.3) is 0 Å². The van der Waals surface area contributed by atoms with Crippen LogP contribution in [0.4, 0.5) is 11.5 Å². The first-order valence-electron chi connectivity index (χ1n) is 7.09. The van der Waals surface area contributed by atoms with Crippen molar-refractivity contribution in [3.8, 4) is 5.88 Å². The summed E-state index contributed by atoms with van der Waals surface area (Å²) in [5.74, 6) is 0.909. The number of aryl methyl sites for hydroxylation is 2. The summed E-state index contributed by atoms with van der Waals surface area (Å²) in [6.45, 7) is 4.60. The zero-order valence-electron chi connectivity index (χ0n) is 12.9. The van der Waals surface area contributed by atoms with Gasteiger partial charge in [-0.05, 0) is 19.4 Å². The smallest absolute Gasteiger partial charge is 0.333 e. The van der Waals surface area contributed by atoms with Gasteiger partial charge < -0.3 is 10.1 Å². The van der Waals surface area contributed by atoms with Gasteiger partial charge in [0.2, 0.25) is 11.7 Å². The molecule has 0 aliphatic heterocycles. The van der Waals surface area contributed by atoms with Gasteiger partial charge in [0.15, 0.2) is 0 Å². The van der Waals surface area contributed by atoms with Crippen LogP contribution in [0.5, 0.6) is 5.88 Å². The molecule has 0 aliphatic carbocycles. The quantitative estimate of drug-likeness (QED) is 0.623. The molecule has 2 aromatic heterocycles. The summed E-state index contributed by atoms with van der Waals surface area (Å²) in [6.07, 6.45) is 2.15. The van der Waals surface area contributed by atoms with Gasteiger partial charge in [-0.2, -0.15) is 5.10 Å². The number of ether oxygens (including phenoxy) is 1. The van der Waals surface area contributed by atoms with E-state index in [0.717, 1.165) is 5.56 Å². The number of hydrogen-bond acceptors (Lipinski definition) is 6. The molecule has 22 heavy (non-hydrogen) atoms. The summed E-state index contributed by atoms with van der Waals surface area (Å²) in [5, 5.41) is 18.5. The minimum atomic E-state index is -0.402. The van der Waals surface area contributed by atoms with Crippen LogP contribution in [0, 0.1) is 10.1 Å². The number of nitrogens with one attached hydrogen (secondary N) is 1. The van der Waals surface area contributed by atoms with Crippen molar-refractivity contribution in [2.45, 2.75) is 26.8 Å². The molecule has 2 aromatic rings. The van der Waals surface area contributed by atoms with E-state index in [9.17, 15) is 10.1 Å². The van der Waals surface area contributed by atoms with Crippen molar-refractivity contribution in [3.05, 3.63) is 39.7 Å². The number of pyridine rings is 1. The zero-order chi connectivity index (χ0) is 16.1. The Labute approximate surface area is 128 Å². The minimum absolute atomic E-state index is 0.0202. The molecule has 0 atom stereocenters. The van der Waals surface area contributed by atoms with Gasteiger partial charge in [-0.25, -0.2) is 9.67 Å². The molecule has 0 bridgehead atoms. The molecule has 0 saturated carbocycles. The van der Waals surface area contributed by atoms with Crippen LogP contribution < -0.4 is 10.1 Å². The van der Waals surface area contributed by atoms with E-state index in [1.807, 2.05) is 19.9 Å². The van der Waals surface area contributed by atoms with Crippen molar-refractivity contribution in [2.75, 3.05) is 11.9 Å². The maximum absolute atomic E-state index is 11.3. The van der Waals surface area contributed by atoms with E-state index >= 15 is 0 Å². The van der Waals surface area contributed by atoms with E-state index in [1.165, 1.54) is 4.68 Å². The number of nitro groups is 1. The highest BCUT2D eigenvalue weighted by molar-refractivity contribution is 5.60. The molecular weight excluding hydrogens is 286 g/mol. The van der Waals surface area contributed by atoms with Gasteiger partial charge in [0.1, 0.15) is 5.69 Å². The molecule has 0 aromatic carbocycles. The van der Waals surface area contributed by atoms with Crippen LogP contribution in [0.2, 0.25) is 0 Å². The van der Waals surface area contributed by atoms with Gasteiger partial charge in [-0.15, -0.1) is 0 Å². The van der Waals surface area contributed by atoms with E-state index < -0.39 is 4.92 Å². The van der Waals surface area contributed by atoms with Crippen molar-refractivity contribution in [1.29, 1.82) is 0 Å². The van der Waals surface area contributed by atoms with Crippen LogP contribution in [0.15, 0.2) is 18.3 Å². The first kappa shape index (κ1) is 15.7. The van der Waals surface area contributed by atoms with Crippen molar-refractivity contribution in [1.82, 2.24) is 14.8 Å². The minimum Gasteiger partial charge on any atom is -0.478 e. The average molecular weight is 305 g/mol. The number of hydrogen-bond donors (Lipinski definition) is 1. The fourth-order valence-corrected chi connectivity index (χ4v) is 2.20. The lowest BCUT2D eigenvalue weighted by Crippen LogP contribution is -2.08. The third-order valence-corrected chi connectivity index (χ3v) is 3.19. The van der Waals surface area contributed by atoms with E-state index in [0.29, 0.717) is 37.0 Å². The monoisotopic (exact) mass is 305 g/mol. The predicted octanol–water partition coefficient (Wildman–Crippen LogP) is 2.30. The molecule has 0 amide bonds. The summed E-state index contributed by atoms with van der Waals surface area (Å²) < 4.78 is 6.95. The summed E-state index contributed by atoms with van der Waals surface area (Å²) in [6, 6.07) is 3.67. The Kier molecular flexibility index (Phi) is 4.92. The van der Waals surface area contributed by atoms with E-state index in [2.05, 4.69) is 15.4 Å². The Hall–Kier alpha value is -2.64. The lowest BCUT2D eigenvalue weighted by atomic mass is 10.2. The topological polar surface area (TPSA) is 95.1 Å². The van der Waals surface area contributed by atoms with Gasteiger partial charge in [-0.1, -0.05) is 13.0 Å². The Balaban J connectivity index is 2.25. The predicted molar refractivity (Wildman–Crippen MR) is 82.0 cm³/mol. The Morgan fingerprint density at radius 2 is 2.23 bits per heavy atom. The molecule has 2 heterocycles. The van der Waals surface area contributed by atoms with Crippen molar-refractivity contribution < 1.29 is 9.66 Å². The molecule has 0 saturated heterocycles. The first-order chi connectivity index (χ1) is 10.6. The van der Waals surface area contributed by atoms with E-state index in [1.54, 1.807) is 19.3 Å². The Morgan fingerprint density at radius 3 is 2.86 bits per heavy atom. The zero-order valence-corrected chi connectivity index (χ0v) is 12.9. The third-order valence-electron chi connectivity index (χ3n) is 3.19. The number of rotatable bonds is 7. The normalized spacial score (nSPS) is 10.5. The van der Waals surface area contributed by atoms with Crippen LogP contribution in [0.3, 0.4) is 0 Å². The summed E-state index contributed by atoms with van der Waals surface area (Å²) in [4.78, 5) is 15.0. The molecule has 0 fully saturated rings. The molecule has 0 spiro atoms. The lowest BCUT2D eigenvalue weighted by molar-refractivity contribution is -0.384. The maximum atomic E-state index is 11.3. The molecule has 8 nitrogen and oxygen atoms in total. The SMILES string of the molecule is CCOc1ncccc1CNc1c([N+](=O)[O-])c(CC)nn1C. The highest BCUT2D eigenvalue weighted by Crippen LogP contribution is 2.29. The molecule has 0 radical (unpaired) electrons. The van der Waals surface area contributed by atoms with E-state index in [4.69, 9.17) is 4.74 Å². The number of nitrogens with zero attached hydrogens (tertiary/aromatic N) is 4. The van der Waals surface area contributed by atoms with Crippen LogP contribution in [0.25, 0.3) is 0 Å². The fraction of sp³-hybridized carbons (Fsp3) is 0.429. The van der Waals surface area contributed by atoms with Crippen molar-refractivity contribution in [3.63, 3.8) is 0 Å². The molecule has 8 heteroatoms. The largest absolute Gasteiger partial charge is 0.478 e.